The maximum atomic E-state index is 13.5. The molecule has 2 aromatic carbocycles. The SMILES string of the molecule is CSc1ccc(/C=C2\C(C)=C(C=O)c3cc(F)ccc32)cc1. The number of hydrogen-bond donors (Lipinski definition) is 0. The summed E-state index contributed by atoms with van der Waals surface area (Å²) in [5.41, 5.74) is 5.10. The maximum Gasteiger partial charge on any atom is 0.150 e. The molecular formula is C19H15FOS. The van der Waals surface area contributed by atoms with Crippen LogP contribution in [-0.4, -0.2) is 12.5 Å². The van der Waals surface area contributed by atoms with E-state index in [1.165, 1.54) is 17.0 Å². The Morgan fingerprint density at radius 1 is 1.05 bits per heavy atom. The first-order valence-corrected chi connectivity index (χ1v) is 8.19. The highest BCUT2D eigenvalue weighted by Crippen LogP contribution is 2.41. The fourth-order valence-electron chi connectivity index (χ4n) is 2.73. The van der Waals surface area contributed by atoms with Crippen molar-refractivity contribution in [1.82, 2.24) is 0 Å². The molecule has 1 aliphatic carbocycles. The second-order valence-corrected chi connectivity index (χ2v) is 6.06. The molecule has 0 saturated heterocycles. The van der Waals surface area contributed by atoms with Crippen molar-refractivity contribution >= 4 is 35.3 Å². The Morgan fingerprint density at radius 3 is 2.41 bits per heavy atom. The number of aldehydes is 1. The lowest BCUT2D eigenvalue weighted by Crippen LogP contribution is -1.87. The first-order chi connectivity index (χ1) is 10.6. The smallest absolute Gasteiger partial charge is 0.150 e. The van der Waals surface area contributed by atoms with Crippen molar-refractivity contribution in [2.75, 3.05) is 6.26 Å². The van der Waals surface area contributed by atoms with Crippen LogP contribution in [0.5, 0.6) is 0 Å². The van der Waals surface area contributed by atoms with Gasteiger partial charge >= 0.3 is 0 Å². The van der Waals surface area contributed by atoms with Crippen LogP contribution in [0.4, 0.5) is 4.39 Å². The molecule has 3 rings (SSSR count). The summed E-state index contributed by atoms with van der Waals surface area (Å²) < 4.78 is 13.5. The predicted molar refractivity (Wildman–Crippen MR) is 91.2 cm³/mol. The first kappa shape index (κ1) is 14.8. The van der Waals surface area contributed by atoms with Crippen LogP contribution in [0, 0.1) is 5.82 Å². The van der Waals surface area contributed by atoms with Gasteiger partial charge in [0.2, 0.25) is 0 Å². The summed E-state index contributed by atoms with van der Waals surface area (Å²) in [5.74, 6) is -0.323. The van der Waals surface area contributed by atoms with Crippen molar-refractivity contribution in [3.8, 4) is 0 Å². The fraction of sp³-hybridized carbons (Fsp3) is 0.105. The van der Waals surface area contributed by atoms with E-state index in [2.05, 4.69) is 12.1 Å². The summed E-state index contributed by atoms with van der Waals surface area (Å²) in [6.07, 6.45) is 4.90. The molecule has 1 aliphatic rings. The van der Waals surface area contributed by atoms with Crippen LogP contribution >= 0.6 is 11.8 Å². The molecule has 0 aromatic heterocycles. The normalized spacial score (nSPS) is 15.3. The standard InChI is InChI=1S/C19H15FOS/c1-12-17(9-13-3-6-15(22-2)7-4-13)16-8-5-14(20)10-18(16)19(12)11-21/h3-11H,1-2H3/b17-9+. The van der Waals surface area contributed by atoms with Crippen molar-refractivity contribution < 1.29 is 9.18 Å². The molecule has 3 heteroatoms. The summed E-state index contributed by atoms with van der Waals surface area (Å²) in [5, 5.41) is 0. The molecule has 0 aliphatic heterocycles. The minimum absolute atomic E-state index is 0.323. The molecule has 0 atom stereocenters. The Morgan fingerprint density at radius 2 is 1.77 bits per heavy atom. The molecule has 0 bridgehead atoms. The molecule has 0 radical (unpaired) electrons. The monoisotopic (exact) mass is 310 g/mol. The van der Waals surface area contributed by atoms with E-state index in [0.29, 0.717) is 11.1 Å². The minimum Gasteiger partial charge on any atom is -0.298 e. The van der Waals surface area contributed by atoms with Gasteiger partial charge in [-0.05, 0) is 71.4 Å². The molecule has 0 heterocycles. The van der Waals surface area contributed by atoms with Crippen LogP contribution in [0.15, 0.2) is 52.9 Å². The highest BCUT2D eigenvalue weighted by Gasteiger charge is 2.23. The number of carbonyl (C=O) groups is 1. The molecule has 0 saturated carbocycles. The van der Waals surface area contributed by atoms with Gasteiger partial charge < -0.3 is 0 Å². The van der Waals surface area contributed by atoms with Gasteiger partial charge in [0.05, 0.1) is 0 Å². The summed E-state index contributed by atoms with van der Waals surface area (Å²) >= 11 is 1.70. The Balaban J connectivity index is 2.12. The number of benzene rings is 2. The minimum atomic E-state index is -0.323. The number of halogens is 1. The number of fused-ring (bicyclic) bond motifs is 1. The molecule has 0 amide bonds. The van der Waals surface area contributed by atoms with E-state index in [9.17, 15) is 9.18 Å². The van der Waals surface area contributed by atoms with E-state index in [4.69, 9.17) is 0 Å². The van der Waals surface area contributed by atoms with Gasteiger partial charge in [0.15, 0.2) is 6.29 Å². The molecule has 0 spiro atoms. The zero-order valence-corrected chi connectivity index (χ0v) is 13.2. The average molecular weight is 310 g/mol. The van der Waals surface area contributed by atoms with Gasteiger partial charge in [0, 0.05) is 10.5 Å². The van der Waals surface area contributed by atoms with Crippen LogP contribution in [0.2, 0.25) is 0 Å². The van der Waals surface area contributed by atoms with Crippen LogP contribution < -0.4 is 0 Å². The second-order valence-electron chi connectivity index (χ2n) is 5.18. The lowest BCUT2D eigenvalue weighted by Gasteiger charge is -2.05. The van der Waals surface area contributed by atoms with Crippen LogP contribution in [0.25, 0.3) is 17.2 Å². The van der Waals surface area contributed by atoms with E-state index in [1.54, 1.807) is 17.8 Å². The van der Waals surface area contributed by atoms with Gasteiger partial charge in [0.25, 0.3) is 0 Å². The van der Waals surface area contributed by atoms with E-state index in [1.807, 2.05) is 31.4 Å². The van der Waals surface area contributed by atoms with Gasteiger partial charge in [0.1, 0.15) is 5.82 Å². The number of rotatable bonds is 3. The van der Waals surface area contributed by atoms with Gasteiger partial charge in [-0.25, -0.2) is 4.39 Å². The van der Waals surface area contributed by atoms with Crippen molar-refractivity contribution in [3.63, 3.8) is 0 Å². The largest absolute Gasteiger partial charge is 0.298 e. The van der Waals surface area contributed by atoms with Crippen molar-refractivity contribution in [2.45, 2.75) is 11.8 Å². The lowest BCUT2D eigenvalue weighted by atomic mass is 10.0. The molecule has 110 valence electrons. The van der Waals surface area contributed by atoms with E-state index < -0.39 is 0 Å². The molecule has 2 aromatic rings. The fourth-order valence-corrected chi connectivity index (χ4v) is 3.14. The maximum absolute atomic E-state index is 13.5. The van der Waals surface area contributed by atoms with E-state index >= 15 is 0 Å². The molecule has 22 heavy (non-hydrogen) atoms. The Hall–Kier alpha value is -2.13. The molecular weight excluding hydrogens is 295 g/mol. The highest BCUT2D eigenvalue weighted by molar-refractivity contribution is 7.98. The molecule has 0 unspecified atom stereocenters. The van der Waals surface area contributed by atoms with Gasteiger partial charge in [-0.1, -0.05) is 18.2 Å². The third kappa shape index (κ3) is 2.53. The topological polar surface area (TPSA) is 17.1 Å². The average Bonchev–Trinajstić information content (AvgIpc) is 2.79. The Labute approximate surface area is 133 Å². The van der Waals surface area contributed by atoms with Gasteiger partial charge in [-0.2, -0.15) is 0 Å². The Kier molecular flexibility index (Phi) is 3.99. The zero-order chi connectivity index (χ0) is 15.7. The first-order valence-electron chi connectivity index (χ1n) is 6.96. The lowest BCUT2D eigenvalue weighted by molar-refractivity contribution is -0.103. The third-order valence-electron chi connectivity index (χ3n) is 3.91. The van der Waals surface area contributed by atoms with Crippen molar-refractivity contribution in [3.05, 3.63) is 70.5 Å². The molecule has 0 fully saturated rings. The van der Waals surface area contributed by atoms with Crippen molar-refractivity contribution in [2.24, 2.45) is 0 Å². The van der Waals surface area contributed by atoms with Crippen LogP contribution in [0.1, 0.15) is 23.6 Å². The molecule has 0 N–H and O–H groups in total. The number of thioether (sulfide) groups is 1. The van der Waals surface area contributed by atoms with Crippen LogP contribution in [0.3, 0.4) is 0 Å². The molecule has 1 nitrogen and oxygen atoms in total. The van der Waals surface area contributed by atoms with Crippen LogP contribution in [-0.2, 0) is 4.79 Å². The second kappa shape index (κ2) is 5.93. The summed E-state index contributed by atoms with van der Waals surface area (Å²) in [6.45, 7) is 1.91. The van der Waals surface area contributed by atoms with Gasteiger partial charge in [-0.3, -0.25) is 4.79 Å². The Bertz CT molecular complexity index is 801. The highest BCUT2D eigenvalue weighted by atomic mass is 32.2. The van der Waals surface area contributed by atoms with Crippen molar-refractivity contribution in [1.29, 1.82) is 0 Å². The number of allylic oxidation sites excluding steroid dienone is 3. The quantitative estimate of drug-likeness (QED) is 0.581. The number of carbonyl (C=O) groups excluding carboxylic acids is 1. The number of hydrogen-bond acceptors (Lipinski definition) is 2. The van der Waals surface area contributed by atoms with Gasteiger partial charge in [-0.15, -0.1) is 11.8 Å². The predicted octanol–water partition coefficient (Wildman–Crippen LogP) is 5.07. The summed E-state index contributed by atoms with van der Waals surface area (Å²) in [4.78, 5) is 12.6. The third-order valence-corrected chi connectivity index (χ3v) is 4.66. The van der Waals surface area contributed by atoms with E-state index in [0.717, 1.165) is 28.6 Å². The summed E-state index contributed by atoms with van der Waals surface area (Å²) in [7, 11) is 0. The zero-order valence-electron chi connectivity index (χ0n) is 12.4. The van der Waals surface area contributed by atoms with E-state index in [-0.39, 0.29) is 5.82 Å². The summed E-state index contributed by atoms with van der Waals surface area (Å²) in [6, 6.07) is 12.8.